The molecule has 55 heavy (non-hydrogen) atoms. The largest absolute Gasteiger partial charge is 0.446 e. The average molecular weight is 748 g/mol. The van der Waals surface area contributed by atoms with Gasteiger partial charge in [0.15, 0.2) is 5.78 Å². The van der Waals surface area contributed by atoms with Crippen LogP contribution in [0.5, 0.6) is 0 Å². The van der Waals surface area contributed by atoms with Crippen molar-refractivity contribution in [1.29, 1.82) is 0 Å². The summed E-state index contributed by atoms with van der Waals surface area (Å²) in [5.74, 6) is 1.58. The van der Waals surface area contributed by atoms with Crippen LogP contribution in [0.25, 0.3) is 11.1 Å². The number of aliphatic hydroxyl groups is 2. The van der Waals surface area contributed by atoms with Crippen LogP contribution in [-0.4, -0.2) is 57.9 Å². The number of ether oxygens (including phenoxy) is 1. The van der Waals surface area contributed by atoms with Crippen molar-refractivity contribution < 1.29 is 24.5 Å². The molecule has 0 aromatic heterocycles. The fourth-order valence-corrected chi connectivity index (χ4v) is 13.6. The van der Waals surface area contributed by atoms with Gasteiger partial charge in [-0.2, -0.15) is 0 Å². The molecule has 9 rings (SSSR count). The first-order chi connectivity index (χ1) is 26.2. The minimum absolute atomic E-state index is 0.00470. The van der Waals surface area contributed by atoms with Gasteiger partial charge in [-0.1, -0.05) is 121 Å². The highest BCUT2D eigenvalue weighted by atomic mass is 16.6. The van der Waals surface area contributed by atoms with Gasteiger partial charge < -0.3 is 19.8 Å². The number of fused-ring (bicyclic) bond motifs is 1. The van der Waals surface area contributed by atoms with Gasteiger partial charge in [0.1, 0.15) is 6.10 Å². The SMILES string of the molecule is CCCN(CC1(O)CCC2C34C=CC5(C=C3C(=O)c3ccccc3-c3ccccc3)CC(O)CCC5(C)C4CCC21C)C(=O)OC1CC(C)CCC1C(C)C. The van der Waals surface area contributed by atoms with Crippen LogP contribution in [-0.2, 0) is 4.74 Å². The molecule has 7 aliphatic carbocycles. The first-order valence-electron chi connectivity index (χ1n) is 21.7. The Kier molecular flexibility index (Phi) is 9.84. The van der Waals surface area contributed by atoms with Crippen molar-refractivity contribution in [1.82, 2.24) is 4.90 Å². The van der Waals surface area contributed by atoms with Crippen molar-refractivity contribution >= 4 is 11.9 Å². The molecule has 1 amide bonds. The molecule has 2 spiro atoms. The molecule has 11 unspecified atom stereocenters. The minimum Gasteiger partial charge on any atom is -0.446 e. The molecule has 296 valence electrons. The lowest BCUT2D eigenvalue weighted by molar-refractivity contribution is -0.175. The van der Waals surface area contributed by atoms with Crippen LogP contribution < -0.4 is 0 Å². The number of allylic oxidation sites excluding steroid dienone is 4. The lowest BCUT2D eigenvalue weighted by atomic mass is 9.32. The Bertz CT molecular complexity index is 1850. The van der Waals surface area contributed by atoms with Crippen molar-refractivity contribution in [3.63, 3.8) is 0 Å². The molecule has 11 atom stereocenters. The lowest BCUT2D eigenvalue weighted by Crippen LogP contribution is -2.67. The van der Waals surface area contributed by atoms with E-state index in [0.717, 1.165) is 68.1 Å². The highest BCUT2D eigenvalue weighted by Crippen LogP contribution is 2.78. The Balaban J connectivity index is 1.17. The third-order valence-electron chi connectivity index (χ3n) is 16.6. The number of amides is 1. The highest BCUT2D eigenvalue weighted by molar-refractivity contribution is 6.14. The van der Waals surface area contributed by atoms with Crippen molar-refractivity contribution in [3.05, 3.63) is 84.0 Å². The van der Waals surface area contributed by atoms with Gasteiger partial charge >= 0.3 is 6.09 Å². The van der Waals surface area contributed by atoms with Crippen molar-refractivity contribution in [2.45, 2.75) is 130 Å². The Hall–Kier alpha value is -3.22. The molecule has 4 saturated carbocycles. The molecule has 2 N–H and O–H groups in total. The van der Waals surface area contributed by atoms with Crippen molar-refractivity contribution in [3.8, 4) is 11.1 Å². The van der Waals surface area contributed by atoms with Gasteiger partial charge in [0.05, 0.1) is 18.2 Å². The molecule has 0 heterocycles. The number of nitrogens with zero attached hydrogens (tertiary/aromatic N) is 1. The van der Waals surface area contributed by atoms with Gasteiger partial charge in [0.25, 0.3) is 0 Å². The van der Waals surface area contributed by atoms with Gasteiger partial charge in [-0.05, 0) is 110 Å². The molecule has 4 fully saturated rings. The van der Waals surface area contributed by atoms with E-state index >= 15 is 4.79 Å². The molecule has 0 saturated heterocycles. The van der Waals surface area contributed by atoms with Crippen LogP contribution in [0.2, 0.25) is 0 Å². The first-order valence-corrected chi connectivity index (χ1v) is 21.7. The summed E-state index contributed by atoms with van der Waals surface area (Å²) in [6, 6.07) is 18.2. The summed E-state index contributed by atoms with van der Waals surface area (Å²) in [6.45, 7) is 14.3. The van der Waals surface area contributed by atoms with Crippen LogP contribution in [0.1, 0.15) is 123 Å². The summed E-state index contributed by atoms with van der Waals surface area (Å²) >= 11 is 0. The van der Waals surface area contributed by atoms with E-state index in [0.29, 0.717) is 42.7 Å². The Morgan fingerprint density at radius 3 is 2.33 bits per heavy atom. The van der Waals surface area contributed by atoms with Gasteiger partial charge in [-0.15, -0.1) is 0 Å². The summed E-state index contributed by atoms with van der Waals surface area (Å²) in [5, 5.41) is 24.3. The zero-order valence-corrected chi connectivity index (χ0v) is 34.2. The van der Waals surface area contributed by atoms with E-state index in [4.69, 9.17) is 4.74 Å². The second-order valence-electron chi connectivity index (χ2n) is 19.7. The maximum Gasteiger partial charge on any atom is 0.410 e. The first kappa shape index (κ1) is 38.6. The van der Waals surface area contributed by atoms with Crippen LogP contribution in [0.15, 0.2) is 78.4 Å². The number of ketones is 1. The maximum atomic E-state index is 15.5. The smallest absolute Gasteiger partial charge is 0.410 e. The van der Waals surface area contributed by atoms with Crippen LogP contribution in [0, 0.1) is 51.2 Å². The number of carbonyl (C=O) groups is 2. The van der Waals surface area contributed by atoms with E-state index in [1.54, 1.807) is 0 Å². The lowest BCUT2D eigenvalue weighted by Gasteiger charge is -2.71. The van der Waals surface area contributed by atoms with E-state index in [1.807, 2.05) is 41.3 Å². The predicted molar refractivity (Wildman–Crippen MR) is 218 cm³/mol. The Labute approximate surface area is 329 Å². The molecule has 2 aromatic carbocycles. The van der Waals surface area contributed by atoms with E-state index in [1.165, 1.54) is 6.42 Å². The minimum atomic E-state index is -1.14. The van der Waals surface area contributed by atoms with Crippen LogP contribution >= 0.6 is 0 Å². The molecule has 2 bridgehead atoms. The van der Waals surface area contributed by atoms with Gasteiger partial charge in [0, 0.05) is 33.9 Å². The Morgan fingerprint density at radius 2 is 1.58 bits per heavy atom. The summed E-state index contributed by atoms with van der Waals surface area (Å²) < 4.78 is 6.42. The molecule has 0 aliphatic heterocycles. The van der Waals surface area contributed by atoms with Crippen molar-refractivity contribution in [2.24, 2.45) is 51.2 Å². The third kappa shape index (κ3) is 5.84. The predicted octanol–water partition coefficient (Wildman–Crippen LogP) is 10.4. The van der Waals surface area contributed by atoms with Gasteiger partial charge in [-0.3, -0.25) is 4.79 Å². The number of hydrogen-bond donors (Lipinski definition) is 2. The van der Waals surface area contributed by atoms with E-state index in [-0.39, 0.29) is 41.8 Å². The normalized spacial score (nSPS) is 40.2. The number of Topliss-reactive ketones (excluding diaryl/α,β-unsaturated/α-hetero) is 1. The van der Waals surface area contributed by atoms with E-state index < -0.39 is 27.9 Å². The molecular formula is C49H65NO5. The topological polar surface area (TPSA) is 87.1 Å². The molecule has 7 aliphatic rings. The molecule has 0 radical (unpaired) electrons. The van der Waals surface area contributed by atoms with Crippen LogP contribution in [0.4, 0.5) is 4.79 Å². The molecule has 6 heteroatoms. The summed E-state index contributed by atoms with van der Waals surface area (Å²) in [4.78, 5) is 31.5. The number of benzene rings is 2. The summed E-state index contributed by atoms with van der Waals surface area (Å²) in [5.41, 5.74) is 0.732. The highest BCUT2D eigenvalue weighted by Gasteiger charge is 2.74. The fourth-order valence-electron chi connectivity index (χ4n) is 13.6. The number of rotatable bonds is 9. The van der Waals surface area contributed by atoms with Gasteiger partial charge in [0.2, 0.25) is 0 Å². The second kappa shape index (κ2) is 14.0. The maximum absolute atomic E-state index is 15.5. The van der Waals surface area contributed by atoms with Crippen molar-refractivity contribution in [2.75, 3.05) is 13.1 Å². The molecule has 2 aromatic rings. The van der Waals surface area contributed by atoms with Gasteiger partial charge in [-0.25, -0.2) is 4.79 Å². The van der Waals surface area contributed by atoms with E-state index in [9.17, 15) is 15.0 Å². The quantitative estimate of drug-likeness (QED) is 0.197. The number of hydrogen-bond acceptors (Lipinski definition) is 5. The molecule has 6 nitrogen and oxygen atoms in total. The average Bonchev–Trinajstić information content (AvgIpc) is 3.44. The summed E-state index contributed by atoms with van der Waals surface area (Å²) in [6.07, 6.45) is 15.5. The number of carbonyl (C=O) groups excluding carboxylic acids is 2. The zero-order valence-electron chi connectivity index (χ0n) is 34.2. The monoisotopic (exact) mass is 747 g/mol. The molecular weight excluding hydrogens is 683 g/mol. The Morgan fingerprint density at radius 1 is 0.891 bits per heavy atom. The summed E-state index contributed by atoms with van der Waals surface area (Å²) in [7, 11) is 0. The third-order valence-corrected chi connectivity index (χ3v) is 16.6. The zero-order chi connectivity index (χ0) is 39.0. The van der Waals surface area contributed by atoms with E-state index in [2.05, 4.69) is 78.0 Å². The number of aliphatic hydroxyl groups excluding tert-OH is 1. The van der Waals surface area contributed by atoms with Crippen LogP contribution in [0.3, 0.4) is 0 Å². The second-order valence-corrected chi connectivity index (χ2v) is 19.7. The standard InChI is InChI=1S/C49H65NO5/c1-7-27-50(44(53)55-40-28-33(4)17-18-36(40)32(2)3)31-48(54)24-21-42-46(48,6)23-20-41-45(5)22-19-35(51)29-47(45)25-26-49(41,42)39(30-47)43(52)38-16-12-11-15-37(38)34-13-9-8-10-14-34/h8-16,25-26,30,32-33,35-36,40-42,51,54H,7,17-24,27-29,31H2,1-6H3. The fraction of sp³-hybridized carbons (Fsp3) is 0.633.